The molecule has 0 aromatic carbocycles. The molecule has 2 N–H and O–H groups in total. The van der Waals surface area contributed by atoms with Gasteiger partial charge in [-0.05, 0) is 56.0 Å². The molecule has 1 aliphatic heterocycles. The van der Waals surface area contributed by atoms with Crippen LogP contribution in [0.1, 0.15) is 59.8 Å². The Balaban J connectivity index is 2.06. The molecule has 0 radical (unpaired) electrons. The van der Waals surface area contributed by atoms with Crippen molar-refractivity contribution in [1.82, 2.24) is 10.6 Å². The van der Waals surface area contributed by atoms with E-state index < -0.39 is 0 Å². The van der Waals surface area contributed by atoms with Crippen LogP contribution in [0.2, 0.25) is 0 Å². The zero-order valence-electron chi connectivity index (χ0n) is 15.1. The third-order valence-corrected chi connectivity index (χ3v) is 5.35. The van der Waals surface area contributed by atoms with Gasteiger partial charge in [-0.15, -0.1) is 0 Å². The summed E-state index contributed by atoms with van der Waals surface area (Å²) in [7, 11) is 1.70. The number of carbonyl (C=O) groups excluding carboxylic acids is 1. The van der Waals surface area contributed by atoms with Gasteiger partial charge in [0, 0.05) is 13.2 Å². The van der Waals surface area contributed by atoms with Crippen molar-refractivity contribution in [2.75, 3.05) is 26.8 Å². The van der Waals surface area contributed by atoms with E-state index in [1.165, 1.54) is 6.42 Å². The Bertz CT molecular complexity index is 376. The van der Waals surface area contributed by atoms with Gasteiger partial charge in [-0.1, -0.05) is 27.7 Å². The summed E-state index contributed by atoms with van der Waals surface area (Å²) in [6.45, 7) is 11.6. The fourth-order valence-corrected chi connectivity index (χ4v) is 4.91. The summed E-state index contributed by atoms with van der Waals surface area (Å²) in [5, 5.41) is 6.73. The van der Waals surface area contributed by atoms with E-state index in [1.807, 2.05) is 0 Å². The van der Waals surface area contributed by atoms with Crippen LogP contribution in [0.25, 0.3) is 0 Å². The normalized spacial score (nSPS) is 27.3. The smallest absolute Gasteiger partial charge is 0.228 e. The van der Waals surface area contributed by atoms with Crippen molar-refractivity contribution in [3.8, 4) is 0 Å². The molecular formula is C18H34N2O2. The summed E-state index contributed by atoms with van der Waals surface area (Å²) in [6, 6.07) is 0.287. The Morgan fingerprint density at radius 2 is 1.68 bits per heavy atom. The van der Waals surface area contributed by atoms with Gasteiger partial charge in [0.25, 0.3) is 0 Å². The van der Waals surface area contributed by atoms with Gasteiger partial charge in [-0.25, -0.2) is 0 Å². The summed E-state index contributed by atoms with van der Waals surface area (Å²) in [5.74, 6) is 0.203. The number of piperidine rings is 1. The summed E-state index contributed by atoms with van der Waals surface area (Å²) in [5.41, 5.74) is 0.246. The maximum absolute atomic E-state index is 13.0. The van der Waals surface area contributed by atoms with Crippen molar-refractivity contribution < 1.29 is 9.53 Å². The highest BCUT2D eigenvalue weighted by atomic mass is 16.5. The van der Waals surface area contributed by atoms with E-state index in [-0.39, 0.29) is 17.4 Å². The molecule has 0 spiro atoms. The van der Waals surface area contributed by atoms with Gasteiger partial charge in [0.2, 0.25) is 5.91 Å². The molecule has 1 saturated heterocycles. The van der Waals surface area contributed by atoms with Gasteiger partial charge in [0.05, 0.1) is 12.0 Å². The maximum Gasteiger partial charge on any atom is 0.228 e. The van der Waals surface area contributed by atoms with Crippen molar-refractivity contribution >= 4 is 5.91 Å². The third kappa shape index (κ3) is 4.23. The molecular weight excluding hydrogens is 276 g/mol. The molecule has 0 aromatic heterocycles. The first-order valence-electron chi connectivity index (χ1n) is 8.69. The van der Waals surface area contributed by atoms with E-state index in [9.17, 15) is 4.79 Å². The summed E-state index contributed by atoms with van der Waals surface area (Å²) < 4.78 is 5.39. The summed E-state index contributed by atoms with van der Waals surface area (Å²) in [6.07, 6.45) is 5.10. The average molecular weight is 310 g/mol. The second-order valence-corrected chi connectivity index (χ2v) is 9.05. The molecule has 2 aliphatic rings. The lowest BCUT2D eigenvalue weighted by Gasteiger charge is -2.46. The molecule has 4 heteroatoms. The summed E-state index contributed by atoms with van der Waals surface area (Å²) in [4.78, 5) is 13.0. The van der Waals surface area contributed by atoms with Crippen molar-refractivity contribution in [1.29, 1.82) is 0 Å². The molecule has 22 heavy (non-hydrogen) atoms. The minimum Gasteiger partial charge on any atom is -0.384 e. The lowest BCUT2D eigenvalue weighted by Crippen LogP contribution is -2.54. The molecule has 128 valence electrons. The number of nitrogens with one attached hydrogen (secondary N) is 2. The predicted molar refractivity (Wildman–Crippen MR) is 89.8 cm³/mol. The molecule has 0 unspecified atom stereocenters. The lowest BCUT2D eigenvalue weighted by molar-refractivity contribution is -0.137. The second kappa shape index (κ2) is 6.48. The fourth-order valence-electron chi connectivity index (χ4n) is 4.91. The average Bonchev–Trinajstić information content (AvgIpc) is 2.36. The van der Waals surface area contributed by atoms with E-state index in [0.29, 0.717) is 17.4 Å². The molecule has 1 amide bonds. The predicted octanol–water partition coefficient (Wildman–Crippen LogP) is 2.72. The number of hydrogen-bond donors (Lipinski definition) is 2. The molecule has 0 aromatic rings. The van der Waals surface area contributed by atoms with E-state index >= 15 is 0 Å². The molecule has 1 aliphatic carbocycles. The topological polar surface area (TPSA) is 50.4 Å². The Kier molecular flexibility index (Phi) is 5.23. The standard InChI is InChI=1S/C18H34N2O2/c1-16(2)10-14(11-17(3,4)12-16)20-15(21)18(13-22-5)6-8-19-9-7-18/h14,19H,6-13H2,1-5H3,(H,20,21). The first kappa shape index (κ1) is 17.7. The number of hydrogen-bond acceptors (Lipinski definition) is 3. The zero-order chi connectivity index (χ0) is 16.4. The largest absolute Gasteiger partial charge is 0.384 e. The van der Waals surface area contributed by atoms with Crippen LogP contribution >= 0.6 is 0 Å². The van der Waals surface area contributed by atoms with Crippen molar-refractivity contribution in [3.63, 3.8) is 0 Å². The molecule has 1 saturated carbocycles. The van der Waals surface area contributed by atoms with Crippen LogP contribution in [0.15, 0.2) is 0 Å². The van der Waals surface area contributed by atoms with Gasteiger partial charge in [-0.2, -0.15) is 0 Å². The third-order valence-electron chi connectivity index (χ3n) is 5.35. The van der Waals surface area contributed by atoms with Gasteiger partial charge in [-0.3, -0.25) is 4.79 Å². The van der Waals surface area contributed by atoms with E-state index in [4.69, 9.17) is 4.74 Å². The highest BCUT2D eigenvalue weighted by Gasteiger charge is 2.43. The molecule has 0 bridgehead atoms. The Morgan fingerprint density at radius 1 is 1.14 bits per heavy atom. The Labute approximate surface area is 135 Å². The van der Waals surface area contributed by atoms with Gasteiger partial charge in [0.1, 0.15) is 0 Å². The number of rotatable bonds is 4. The van der Waals surface area contributed by atoms with Crippen molar-refractivity contribution in [2.24, 2.45) is 16.2 Å². The number of methoxy groups -OCH3 is 1. The summed E-state index contributed by atoms with van der Waals surface area (Å²) >= 11 is 0. The minimum absolute atomic E-state index is 0.203. The number of carbonyl (C=O) groups is 1. The zero-order valence-corrected chi connectivity index (χ0v) is 15.1. The van der Waals surface area contributed by atoms with Crippen LogP contribution < -0.4 is 10.6 Å². The first-order valence-corrected chi connectivity index (χ1v) is 8.69. The van der Waals surface area contributed by atoms with Crippen LogP contribution in [-0.4, -0.2) is 38.8 Å². The van der Waals surface area contributed by atoms with E-state index in [2.05, 4.69) is 38.3 Å². The SMILES string of the molecule is COCC1(C(=O)NC2CC(C)(C)CC(C)(C)C2)CCNCC1. The van der Waals surface area contributed by atoms with Crippen LogP contribution in [0.5, 0.6) is 0 Å². The Hall–Kier alpha value is -0.610. The molecule has 1 heterocycles. The van der Waals surface area contributed by atoms with E-state index in [0.717, 1.165) is 38.8 Å². The number of ether oxygens (including phenoxy) is 1. The molecule has 0 atom stereocenters. The van der Waals surface area contributed by atoms with Crippen LogP contribution in [0.3, 0.4) is 0 Å². The Morgan fingerprint density at radius 3 is 2.18 bits per heavy atom. The monoisotopic (exact) mass is 310 g/mol. The van der Waals surface area contributed by atoms with E-state index in [1.54, 1.807) is 7.11 Å². The lowest BCUT2D eigenvalue weighted by atomic mass is 9.63. The quantitative estimate of drug-likeness (QED) is 0.839. The maximum atomic E-state index is 13.0. The van der Waals surface area contributed by atoms with Gasteiger partial charge >= 0.3 is 0 Å². The van der Waals surface area contributed by atoms with Crippen molar-refractivity contribution in [3.05, 3.63) is 0 Å². The minimum atomic E-state index is -0.342. The highest BCUT2D eigenvalue weighted by Crippen LogP contribution is 2.46. The second-order valence-electron chi connectivity index (χ2n) is 9.05. The highest BCUT2D eigenvalue weighted by molar-refractivity contribution is 5.83. The fraction of sp³-hybridized carbons (Fsp3) is 0.944. The van der Waals surface area contributed by atoms with Crippen LogP contribution in [-0.2, 0) is 9.53 Å². The van der Waals surface area contributed by atoms with Crippen molar-refractivity contribution in [2.45, 2.75) is 65.8 Å². The van der Waals surface area contributed by atoms with Crippen LogP contribution in [0.4, 0.5) is 0 Å². The molecule has 4 nitrogen and oxygen atoms in total. The van der Waals surface area contributed by atoms with Crippen LogP contribution in [0, 0.1) is 16.2 Å². The number of amides is 1. The molecule has 2 rings (SSSR count). The molecule has 2 fully saturated rings. The first-order chi connectivity index (χ1) is 10.2. The van der Waals surface area contributed by atoms with Gasteiger partial charge in [0.15, 0.2) is 0 Å². The van der Waals surface area contributed by atoms with Gasteiger partial charge < -0.3 is 15.4 Å².